The number of aromatic nitrogens is 1. The fourth-order valence-electron chi connectivity index (χ4n) is 5.62. The van der Waals surface area contributed by atoms with Crippen molar-refractivity contribution in [3.8, 4) is 16.9 Å². The summed E-state index contributed by atoms with van der Waals surface area (Å²) in [5.41, 5.74) is 4.76. The van der Waals surface area contributed by atoms with E-state index in [1.807, 2.05) is 83.1 Å². The number of aryl methyl sites for hydroxylation is 1. The Balaban J connectivity index is 1.90. The molecule has 1 aliphatic rings. The van der Waals surface area contributed by atoms with Gasteiger partial charge in [0.25, 0.3) is 0 Å². The van der Waals surface area contributed by atoms with E-state index in [1.165, 1.54) is 0 Å². The Kier molecular flexibility index (Phi) is 7.55. The summed E-state index contributed by atoms with van der Waals surface area (Å²) < 4.78 is 34.0. The summed E-state index contributed by atoms with van der Waals surface area (Å²) in [5, 5.41) is 2.12. The van der Waals surface area contributed by atoms with Crippen LogP contribution in [0.3, 0.4) is 0 Å². The van der Waals surface area contributed by atoms with Crippen molar-refractivity contribution >= 4 is 27.6 Å². The Morgan fingerprint density at radius 2 is 1.93 bits per heavy atom. The summed E-state index contributed by atoms with van der Waals surface area (Å²) in [6.45, 7) is 10.7. The van der Waals surface area contributed by atoms with Crippen LogP contribution in [0.15, 0.2) is 42.6 Å². The number of hydrogen-bond acceptors (Lipinski definition) is 6. The Hall–Kier alpha value is -3.55. The van der Waals surface area contributed by atoms with Gasteiger partial charge in [0.15, 0.2) is 6.10 Å². The summed E-state index contributed by atoms with van der Waals surface area (Å²) in [6.07, 6.45) is 1.56. The van der Waals surface area contributed by atoms with Gasteiger partial charge in [0, 0.05) is 46.6 Å². The SMILES string of the molecule is CCOC(=O)[C@@H](OC(C)(C)C)c1c(C)cc2c(F)c(CN(C)C)ccc2c1-c1ccc2c3c(ccnc13)CCO2. The highest BCUT2D eigenvalue weighted by atomic mass is 19.1. The van der Waals surface area contributed by atoms with Crippen LogP contribution in [0.4, 0.5) is 4.39 Å². The lowest BCUT2D eigenvalue weighted by Crippen LogP contribution is -2.29. The van der Waals surface area contributed by atoms with E-state index in [4.69, 9.17) is 19.2 Å². The van der Waals surface area contributed by atoms with Crippen LogP contribution in [-0.2, 0) is 27.2 Å². The Morgan fingerprint density at radius 3 is 2.62 bits per heavy atom. The first-order chi connectivity index (χ1) is 19.0. The summed E-state index contributed by atoms with van der Waals surface area (Å²) >= 11 is 0. The average Bonchev–Trinajstić information content (AvgIpc) is 2.89. The Bertz CT molecular complexity index is 1600. The van der Waals surface area contributed by atoms with Crippen LogP contribution in [0, 0.1) is 12.7 Å². The van der Waals surface area contributed by atoms with E-state index in [9.17, 15) is 4.79 Å². The minimum Gasteiger partial charge on any atom is -0.493 e. The summed E-state index contributed by atoms with van der Waals surface area (Å²) in [7, 11) is 3.83. The maximum absolute atomic E-state index is 16.1. The third-order valence-electron chi connectivity index (χ3n) is 7.14. The molecule has 0 unspecified atom stereocenters. The molecule has 3 aromatic carbocycles. The lowest BCUT2D eigenvalue weighted by Gasteiger charge is -2.30. The molecule has 0 radical (unpaired) electrons. The van der Waals surface area contributed by atoms with Gasteiger partial charge in [-0.15, -0.1) is 0 Å². The first-order valence-corrected chi connectivity index (χ1v) is 13.8. The lowest BCUT2D eigenvalue weighted by molar-refractivity contribution is -0.166. The molecule has 1 aromatic heterocycles. The average molecular weight is 545 g/mol. The molecule has 0 amide bonds. The van der Waals surface area contributed by atoms with Crippen molar-refractivity contribution in [1.82, 2.24) is 9.88 Å². The number of fused-ring (bicyclic) bond motifs is 1. The van der Waals surface area contributed by atoms with Crippen LogP contribution < -0.4 is 4.74 Å². The summed E-state index contributed by atoms with van der Waals surface area (Å²) in [4.78, 5) is 20.2. The highest BCUT2D eigenvalue weighted by Crippen LogP contribution is 2.46. The molecule has 0 bridgehead atoms. The zero-order valence-electron chi connectivity index (χ0n) is 24.4. The fraction of sp³-hybridized carbons (Fsp3) is 0.394. The van der Waals surface area contributed by atoms with Gasteiger partial charge in [-0.2, -0.15) is 0 Å². The second-order valence-electron chi connectivity index (χ2n) is 11.6. The molecule has 0 aliphatic carbocycles. The van der Waals surface area contributed by atoms with Crippen molar-refractivity contribution in [2.75, 3.05) is 27.3 Å². The molecular formula is C33H37FN2O4. The predicted octanol–water partition coefficient (Wildman–Crippen LogP) is 6.92. The maximum Gasteiger partial charge on any atom is 0.339 e. The molecular weight excluding hydrogens is 507 g/mol. The molecule has 40 heavy (non-hydrogen) atoms. The minimum atomic E-state index is -1.02. The second-order valence-corrected chi connectivity index (χ2v) is 11.6. The van der Waals surface area contributed by atoms with Crippen LogP contribution in [0.2, 0.25) is 0 Å². The van der Waals surface area contributed by atoms with E-state index in [1.54, 1.807) is 13.1 Å². The molecule has 0 N–H and O–H groups in total. The highest BCUT2D eigenvalue weighted by molar-refractivity contribution is 6.09. The van der Waals surface area contributed by atoms with Gasteiger partial charge in [0.2, 0.25) is 0 Å². The summed E-state index contributed by atoms with van der Waals surface area (Å²) in [6, 6.07) is 11.5. The number of rotatable bonds is 7. The second kappa shape index (κ2) is 10.8. The van der Waals surface area contributed by atoms with Gasteiger partial charge >= 0.3 is 5.97 Å². The van der Waals surface area contributed by atoms with E-state index in [2.05, 4.69) is 0 Å². The number of hydrogen-bond donors (Lipinski definition) is 0. The van der Waals surface area contributed by atoms with Crippen molar-refractivity contribution in [1.29, 1.82) is 0 Å². The zero-order valence-corrected chi connectivity index (χ0v) is 24.4. The fourth-order valence-corrected chi connectivity index (χ4v) is 5.62. The minimum absolute atomic E-state index is 0.215. The van der Waals surface area contributed by atoms with E-state index >= 15 is 4.39 Å². The van der Waals surface area contributed by atoms with Gasteiger partial charge in [-0.3, -0.25) is 4.98 Å². The number of nitrogens with zero attached hydrogens (tertiary/aromatic N) is 2. The lowest BCUT2D eigenvalue weighted by atomic mass is 9.85. The van der Waals surface area contributed by atoms with Crippen molar-refractivity contribution in [3.05, 3.63) is 70.7 Å². The van der Waals surface area contributed by atoms with Crippen LogP contribution >= 0.6 is 0 Å². The highest BCUT2D eigenvalue weighted by Gasteiger charge is 2.34. The number of carbonyl (C=O) groups excluding carboxylic acids is 1. The molecule has 0 saturated carbocycles. The number of esters is 1. The third kappa shape index (κ3) is 5.16. The van der Waals surface area contributed by atoms with E-state index in [-0.39, 0.29) is 12.4 Å². The summed E-state index contributed by atoms with van der Waals surface area (Å²) in [5.74, 6) is 0.0225. The van der Waals surface area contributed by atoms with Crippen LogP contribution in [0.1, 0.15) is 56.1 Å². The van der Waals surface area contributed by atoms with Gasteiger partial charge in [-0.05, 0) is 95.1 Å². The van der Waals surface area contributed by atoms with Gasteiger partial charge in [0.05, 0.1) is 24.3 Å². The number of benzene rings is 3. The van der Waals surface area contributed by atoms with E-state index < -0.39 is 17.7 Å². The maximum atomic E-state index is 16.1. The number of halogens is 1. The molecule has 5 rings (SSSR count). The number of carbonyl (C=O) groups is 1. The largest absolute Gasteiger partial charge is 0.493 e. The molecule has 0 saturated heterocycles. The molecule has 2 heterocycles. The molecule has 1 atom stereocenters. The first-order valence-electron chi connectivity index (χ1n) is 13.8. The quantitative estimate of drug-likeness (QED) is 0.236. The van der Waals surface area contributed by atoms with Crippen LogP contribution in [-0.4, -0.2) is 48.8 Å². The standard InChI is InChI=1S/C33H37FN2O4/c1-8-38-32(37)31(40-33(3,4)5)26-19(2)17-24-22(10-9-21(29(24)34)18-36(6)7)28(26)23-11-12-25-27-20(14-16-39-25)13-15-35-30(23)27/h9-13,15,17,31H,8,14,16,18H2,1-7H3/t31-/m0/s1. The zero-order chi connectivity index (χ0) is 28.8. The molecule has 1 aliphatic heterocycles. The first kappa shape index (κ1) is 28.0. The Morgan fingerprint density at radius 1 is 1.15 bits per heavy atom. The van der Waals surface area contributed by atoms with Crippen molar-refractivity contribution in [2.24, 2.45) is 0 Å². The van der Waals surface area contributed by atoms with Gasteiger partial charge < -0.3 is 19.1 Å². The molecule has 210 valence electrons. The molecule has 4 aromatic rings. The van der Waals surface area contributed by atoms with Crippen molar-refractivity contribution in [3.63, 3.8) is 0 Å². The van der Waals surface area contributed by atoms with Crippen LogP contribution in [0.5, 0.6) is 5.75 Å². The van der Waals surface area contributed by atoms with Crippen LogP contribution in [0.25, 0.3) is 32.8 Å². The topological polar surface area (TPSA) is 60.9 Å². The smallest absolute Gasteiger partial charge is 0.339 e. The number of pyridine rings is 1. The van der Waals surface area contributed by atoms with Gasteiger partial charge in [0.1, 0.15) is 11.6 Å². The molecule has 7 heteroatoms. The van der Waals surface area contributed by atoms with E-state index in [0.29, 0.717) is 35.1 Å². The number of ether oxygens (including phenoxy) is 3. The Labute approximate surface area is 235 Å². The normalized spacial score (nSPS) is 14.0. The molecule has 0 fully saturated rings. The third-order valence-corrected chi connectivity index (χ3v) is 7.14. The van der Waals surface area contributed by atoms with Gasteiger partial charge in [-0.25, -0.2) is 9.18 Å². The van der Waals surface area contributed by atoms with Gasteiger partial charge in [-0.1, -0.05) is 12.1 Å². The van der Waals surface area contributed by atoms with Crippen molar-refractivity contribution < 1.29 is 23.4 Å². The molecule has 6 nitrogen and oxygen atoms in total. The van der Waals surface area contributed by atoms with Crippen molar-refractivity contribution in [2.45, 2.75) is 59.3 Å². The molecule has 0 spiro atoms. The van der Waals surface area contributed by atoms with E-state index in [0.717, 1.165) is 45.3 Å². The monoisotopic (exact) mass is 544 g/mol. The predicted molar refractivity (Wildman–Crippen MR) is 156 cm³/mol.